The van der Waals surface area contributed by atoms with Crippen LogP contribution in [0.3, 0.4) is 0 Å². The number of ether oxygens (including phenoxy) is 1. The van der Waals surface area contributed by atoms with Crippen LogP contribution >= 0.6 is 0 Å². The standard InChI is InChI=1S/C24H31NO2/c1-14-8-10-18(11-9-14)19-13-27-23-16(3)15(2)22(17(4)21(19)23)25-20(26)12-24(5,6)7/h8-11,19H,12-13H2,1-7H3,(H,25,26). The summed E-state index contributed by atoms with van der Waals surface area (Å²) in [6.45, 7) is 15.3. The van der Waals surface area contributed by atoms with Crippen molar-refractivity contribution in [1.29, 1.82) is 0 Å². The summed E-state index contributed by atoms with van der Waals surface area (Å²) in [7, 11) is 0. The number of carbonyl (C=O) groups excluding carboxylic acids is 1. The highest BCUT2D eigenvalue weighted by molar-refractivity contribution is 5.93. The van der Waals surface area contributed by atoms with E-state index in [1.165, 1.54) is 16.7 Å². The average molecular weight is 366 g/mol. The highest BCUT2D eigenvalue weighted by Gasteiger charge is 2.32. The SMILES string of the molecule is Cc1ccc(C2COc3c(C)c(C)c(NC(=O)CC(C)(C)C)c(C)c32)cc1. The van der Waals surface area contributed by atoms with Crippen LogP contribution in [0.5, 0.6) is 5.75 Å². The van der Waals surface area contributed by atoms with E-state index in [1.54, 1.807) is 0 Å². The maximum atomic E-state index is 12.6. The van der Waals surface area contributed by atoms with E-state index in [0.717, 1.165) is 28.1 Å². The Morgan fingerprint density at radius 1 is 1.04 bits per heavy atom. The first-order valence-electron chi connectivity index (χ1n) is 9.71. The van der Waals surface area contributed by atoms with E-state index in [1.807, 2.05) is 0 Å². The summed E-state index contributed by atoms with van der Waals surface area (Å²) in [6, 6.07) is 8.67. The molecule has 2 aromatic rings. The monoisotopic (exact) mass is 365 g/mol. The lowest BCUT2D eigenvalue weighted by Crippen LogP contribution is -2.21. The molecule has 3 heteroatoms. The van der Waals surface area contributed by atoms with Gasteiger partial charge < -0.3 is 10.1 Å². The van der Waals surface area contributed by atoms with Crippen molar-refractivity contribution in [3.05, 3.63) is 57.6 Å². The number of aryl methyl sites for hydroxylation is 1. The first kappa shape index (κ1) is 19.5. The van der Waals surface area contributed by atoms with Crippen LogP contribution < -0.4 is 10.1 Å². The highest BCUT2D eigenvalue weighted by Crippen LogP contribution is 2.46. The number of fused-ring (bicyclic) bond motifs is 1. The summed E-state index contributed by atoms with van der Waals surface area (Å²) in [5, 5.41) is 3.19. The largest absolute Gasteiger partial charge is 0.492 e. The minimum Gasteiger partial charge on any atom is -0.492 e. The Hall–Kier alpha value is -2.29. The lowest BCUT2D eigenvalue weighted by molar-refractivity contribution is -0.117. The van der Waals surface area contributed by atoms with E-state index in [-0.39, 0.29) is 17.2 Å². The molecule has 3 rings (SSSR count). The van der Waals surface area contributed by atoms with Crippen LogP contribution in [0.2, 0.25) is 0 Å². The minimum atomic E-state index is -0.0365. The Morgan fingerprint density at radius 2 is 1.67 bits per heavy atom. The number of hydrogen-bond donors (Lipinski definition) is 1. The molecular formula is C24H31NO2. The van der Waals surface area contributed by atoms with E-state index in [2.05, 4.69) is 78.0 Å². The molecule has 0 radical (unpaired) electrons. The van der Waals surface area contributed by atoms with E-state index in [9.17, 15) is 4.79 Å². The zero-order valence-corrected chi connectivity index (χ0v) is 17.6. The summed E-state index contributed by atoms with van der Waals surface area (Å²) in [4.78, 5) is 12.6. The molecule has 1 unspecified atom stereocenters. The van der Waals surface area contributed by atoms with Gasteiger partial charge in [0.2, 0.25) is 5.91 Å². The predicted molar refractivity (Wildman–Crippen MR) is 112 cm³/mol. The smallest absolute Gasteiger partial charge is 0.224 e. The Morgan fingerprint density at radius 3 is 2.26 bits per heavy atom. The van der Waals surface area contributed by atoms with Gasteiger partial charge in [-0.2, -0.15) is 0 Å². The second kappa shape index (κ2) is 7.03. The van der Waals surface area contributed by atoms with Gasteiger partial charge in [0.1, 0.15) is 5.75 Å². The topological polar surface area (TPSA) is 38.3 Å². The maximum Gasteiger partial charge on any atom is 0.224 e. The van der Waals surface area contributed by atoms with Crippen LogP contribution in [0.15, 0.2) is 24.3 Å². The van der Waals surface area contributed by atoms with Crippen molar-refractivity contribution in [2.24, 2.45) is 5.41 Å². The molecule has 1 N–H and O–H groups in total. The molecule has 0 spiro atoms. The van der Waals surface area contributed by atoms with Gasteiger partial charge in [0.05, 0.1) is 6.61 Å². The van der Waals surface area contributed by atoms with E-state index in [4.69, 9.17) is 4.74 Å². The molecule has 0 saturated heterocycles. The fraction of sp³-hybridized carbons (Fsp3) is 0.458. The summed E-state index contributed by atoms with van der Waals surface area (Å²) >= 11 is 0. The molecule has 0 bridgehead atoms. The third-order valence-corrected chi connectivity index (χ3v) is 5.48. The minimum absolute atomic E-state index is 0.0365. The van der Waals surface area contributed by atoms with Gasteiger partial charge in [-0.05, 0) is 55.4 Å². The second-order valence-corrected chi connectivity index (χ2v) is 9.05. The van der Waals surface area contributed by atoms with Crippen molar-refractivity contribution in [2.75, 3.05) is 11.9 Å². The zero-order valence-electron chi connectivity index (χ0n) is 17.6. The molecule has 0 saturated carbocycles. The number of carbonyl (C=O) groups is 1. The first-order valence-corrected chi connectivity index (χ1v) is 9.71. The molecule has 1 aliphatic rings. The van der Waals surface area contributed by atoms with Crippen LogP contribution in [-0.4, -0.2) is 12.5 Å². The Labute approximate surface area is 163 Å². The highest BCUT2D eigenvalue weighted by atomic mass is 16.5. The molecule has 0 fully saturated rings. The average Bonchev–Trinajstić information content (AvgIpc) is 3.01. The molecule has 1 amide bonds. The summed E-state index contributed by atoms with van der Waals surface area (Å²) < 4.78 is 6.12. The number of rotatable bonds is 3. The molecule has 3 nitrogen and oxygen atoms in total. The molecule has 2 aromatic carbocycles. The molecule has 1 atom stereocenters. The summed E-state index contributed by atoms with van der Waals surface area (Å²) in [5.41, 5.74) is 7.98. The van der Waals surface area contributed by atoms with Gasteiger partial charge in [0.25, 0.3) is 0 Å². The Bertz CT molecular complexity index is 873. The van der Waals surface area contributed by atoms with Gasteiger partial charge in [-0.1, -0.05) is 50.6 Å². The van der Waals surface area contributed by atoms with Crippen LogP contribution in [0.1, 0.15) is 66.5 Å². The second-order valence-electron chi connectivity index (χ2n) is 9.05. The Kier molecular flexibility index (Phi) is 5.07. The lowest BCUT2D eigenvalue weighted by atomic mass is 9.86. The Balaban J connectivity index is 2.03. The third-order valence-electron chi connectivity index (χ3n) is 5.48. The van der Waals surface area contributed by atoms with Crippen molar-refractivity contribution in [3.8, 4) is 5.75 Å². The number of benzene rings is 2. The van der Waals surface area contributed by atoms with E-state index in [0.29, 0.717) is 13.0 Å². The zero-order chi connectivity index (χ0) is 19.9. The van der Waals surface area contributed by atoms with E-state index >= 15 is 0 Å². The maximum absolute atomic E-state index is 12.6. The fourth-order valence-corrected chi connectivity index (χ4v) is 3.92. The first-order chi connectivity index (χ1) is 12.6. The number of anilines is 1. The van der Waals surface area contributed by atoms with Gasteiger partial charge >= 0.3 is 0 Å². The quantitative estimate of drug-likeness (QED) is 0.744. The van der Waals surface area contributed by atoms with Crippen molar-refractivity contribution >= 4 is 11.6 Å². The molecule has 0 aromatic heterocycles. The van der Waals surface area contributed by atoms with Crippen molar-refractivity contribution in [3.63, 3.8) is 0 Å². The van der Waals surface area contributed by atoms with Gasteiger partial charge in [0, 0.05) is 23.6 Å². The number of hydrogen-bond acceptors (Lipinski definition) is 2. The van der Waals surface area contributed by atoms with Crippen LogP contribution in [0.25, 0.3) is 0 Å². The van der Waals surface area contributed by atoms with Crippen molar-refractivity contribution in [2.45, 2.75) is 60.8 Å². The predicted octanol–water partition coefficient (Wildman–Crippen LogP) is 5.82. The molecule has 1 heterocycles. The van der Waals surface area contributed by atoms with Gasteiger partial charge in [-0.15, -0.1) is 0 Å². The van der Waals surface area contributed by atoms with Crippen LogP contribution in [0.4, 0.5) is 5.69 Å². The van der Waals surface area contributed by atoms with Gasteiger partial charge in [-0.25, -0.2) is 0 Å². The molecule has 1 aliphatic heterocycles. The van der Waals surface area contributed by atoms with Crippen molar-refractivity contribution in [1.82, 2.24) is 0 Å². The molecular weight excluding hydrogens is 334 g/mol. The van der Waals surface area contributed by atoms with Crippen molar-refractivity contribution < 1.29 is 9.53 Å². The summed E-state index contributed by atoms with van der Waals surface area (Å²) in [6.07, 6.45) is 0.500. The lowest BCUT2D eigenvalue weighted by Gasteiger charge is -2.22. The fourth-order valence-electron chi connectivity index (χ4n) is 3.92. The van der Waals surface area contributed by atoms with Gasteiger partial charge in [-0.3, -0.25) is 4.79 Å². The third kappa shape index (κ3) is 3.87. The molecule has 144 valence electrons. The number of amides is 1. The van der Waals surface area contributed by atoms with Crippen LogP contribution in [0, 0.1) is 33.1 Å². The van der Waals surface area contributed by atoms with Gasteiger partial charge in [0.15, 0.2) is 0 Å². The normalized spacial score (nSPS) is 16.0. The molecule has 0 aliphatic carbocycles. The summed E-state index contributed by atoms with van der Waals surface area (Å²) in [5.74, 6) is 1.27. The van der Waals surface area contributed by atoms with E-state index < -0.39 is 0 Å². The molecule has 27 heavy (non-hydrogen) atoms. The van der Waals surface area contributed by atoms with Crippen LogP contribution in [-0.2, 0) is 4.79 Å². The number of nitrogens with one attached hydrogen (secondary N) is 1.